The summed E-state index contributed by atoms with van der Waals surface area (Å²) >= 11 is 6.02. The van der Waals surface area contributed by atoms with Gasteiger partial charge >= 0.3 is 6.03 Å². The van der Waals surface area contributed by atoms with Crippen LogP contribution in [0.25, 0.3) is 0 Å². The molecule has 1 fully saturated rings. The van der Waals surface area contributed by atoms with Gasteiger partial charge in [-0.1, -0.05) is 17.7 Å². The van der Waals surface area contributed by atoms with Gasteiger partial charge in [-0.3, -0.25) is 9.36 Å². The van der Waals surface area contributed by atoms with E-state index in [1.54, 1.807) is 30.6 Å². The summed E-state index contributed by atoms with van der Waals surface area (Å²) in [7, 11) is 0. The lowest BCUT2D eigenvalue weighted by Gasteiger charge is -2.11. The van der Waals surface area contributed by atoms with Gasteiger partial charge in [0, 0.05) is 35.8 Å². The van der Waals surface area contributed by atoms with E-state index in [1.807, 2.05) is 6.92 Å². The van der Waals surface area contributed by atoms with Crippen LogP contribution in [0.1, 0.15) is 30.0 Å². The SMILES string of the molecule is Cc1c(Cl)cccc1NC(=O)NCCn1cnc(C2CC2)cc1=O. The molecular formula is C17H19ClN4O2. The molecule has 0 unspecified atom stereocenters. The van der Waals surface area contributed by atoms with Crippen LogP contribution in [-0.2, 0) is 6.54 Å². The number of nitrogens with zero attached hydrogens (tertiary/aromatic N) is 2. The Balaban J connectivity index is 1.51. The number of amides is 2. The van der Waals surface area contributed by atoms with Crippen LogP contribution in [0.5, 0.6) is 0 Å². The molecule has 1 aliphatic carbocycles. The van der Waals surface area contributed by atoms with Crippen molar-refractivity contribution >= 4 is 23.3 Å². The average molecular weight is 347 g/mol. The zero-order valence-electron chi connectivity index (χ0n) is 13.4. The normalized spacial score (nSPS) is 13.6. The first-order valence-electron chi connectivity index (χ1n) is 7.91. The van der Waals surface area contributed by atoms with Crippen molar-refractivity contribution in [3.05, 3.63) is 57.2 Å². The second-order valence-corrected chi connectivity index (χ2v) is 6.32. The van der Waals surface area contributed by atoms with E-state index in [-0.39, 0.29) is 11.6 Å². The first-order chi connectivity index (χ1) is 11.5. The summed E-state index contributed by atoms with van der Waals surface area (Å²) in [6, 6.07) is 6.58. The van der Waals surface area contributed by atoms with Crippen molar-refractivity contribution in [2.75, 3.05) is 11.9 Å². The number of benzene rings is 1. The number of carbonyl (C=O) groups excluding carboxylic acids is 1. The summed E-state index contributed by atoms with van der Waals surface area (Å²) < 4.78 is 1.50. The molecule has 0 saturated heterocycles. The number of anilines is 1. The number of nitrogens with one attached hydrogen (secondary N) is 2. The Hall–Kier alpha value is -2.34. The lowest BCUT2D eigenvalue weighted by atomic mass is 10.2. The highest BCUT2D eigenvalue weighted by atomic mass is 35.5. The van der Waals surface area contributed by atoms with Crippen LogP contribution >= 0.6 is 11.6 Å². The highest BCUT2D eigenvalue weighted by Gasteiger charge is 2.25. The number of carbonyl (C=O) groups is 1. The number of halogens is 1. The van der Waals surface area contributed by atoms with Crippen molar-refractivity contribution in [2.45, 2.75) is 32.2 Å². The number of urea groups is 1. The Morgan fingerprint density at radius 3 is 2.92 bits per heavy atom. The molecule has 126 valence electrons. The standard InChI is InChI=1S/C17H19ClN4O2/c1-11-13(18)3-2-4-14(11)21-17(24)19-7-8-22-10-20-15(9-16(22)23)12-5-6-12/h2-4,9-10,12H,5-8H2,1H3,(H2,19,21,24). The third-order valence-electron chi connectivity index (χ3n) is 4.05. The van der Waals surface area contributed by atoms with Gasteiger partial charge in [0.1, 0.15) is 0 Å². The van der Waals surface area contributed by atoms with Gasteiger partial charge in [0.2, 0.25) is 0 Å². The average Bonchev–Trinajstić information content (AvgIpc) is 3.38. The first kappa shape index (κ1) is 16.5. The summed E-state index contributed by atoms with van der Waals surface area (Å²) in [5.74, 6) is 0.456. The second-order valence-electron chi connectivity index (χ2n) is 5.91. The fourth-order valence-electron chi connectivity index (χ4n) is 2.41. The van der Waals surface area contributed by atoms with Crippen LogP contribution in [0.4, 0.5) is 10.5 Å². The topological polar surface area (TPSA) is 76.0 Å². The van der Waals surface area contributed by atoms with Crippen molar-refractivity contribution in [3.63, 3.8) is 0 Å². The van der Waals surface area contributed by atoms with E-state index >= 15 is 0 Å². The quantitative estimate of drug-likeness (QED) is 0.874. The minimum atomic E-state index is -0.337. The maximum Gasteiger partial charge on any atom is 0.319 e. The molecule has 2 amide bonds. The fraction of sp³-hybridized carbons (Fsp3) is 0.353. The zero-order valence-corrected chi connectivity index (χ0v) is 14.1. The number of aromatic nitrogens is 2. The molecule has 1 aromatic heterocycles. The molecule has 24 heavy (non-hydrogen) atoms. The molecule has 1 saturated carbocycles. The molecule has 2 aromatic rings. The van der Waals surface area contributed by atoms with Gasteiger partial charge in [0.25, 0.3) is 5.56 Å². The lowest BCUT2D eigenvalue weighted by Crippen LogP contribution is -2.34. The van der Waals surface area contributed by atoms with E-state index in [0.29, 0.717) is 29.7 Å². The molecule has 7 heteroatoms. The Bertz CT molecular complexity index is 814. The fourth-order valence-corrected chi connectivity index (χ4v) is 2.58. The molecule has 1 aliphatic rings. The first-order valence-corrected chi connectivity index (χ1v) is 8.29. The van der Waals surface area contributed by atoms with Crippen LogP contribution in [0.2, 0.25) is 5.02 Å². The van der Waals surface area contributed by atoms with Crippen molar-refractivity contribution in [3.8, 4) is 0 Å². The minimum absolute atomic E-state index is 0.0835. The molecule has 1 heterocycles. The van der Waals surface area contributed by atoms with Crippen LogP contribution in [0.3, 0.4) is 0 Å². The molecule has 2 N–H and O–H groups in total. The van der Waals surface area contributed by atoms with Gasteiger partial charge in [-0.15, -0.1) is 0 Å². The van der Waals surface area contributed by atoms with Gasteiger partial charge in [-0.2, -0.15) is 0 Å². The summed E-state index contributed by atoms with van der Waals surface area (Å²) in [5.41, 5.74) is 2.26. The van der Waals surface area contributed by atoms with Crippen molar-refractivity contribution in [1.29, 1.82) is 0 Å². The lowest BCUT2D eigenvalue weighted by molar-refractivity contribution is 0.251. The van der Waals surface area contributed by atoms with E-state index in [1.165, 1.54) is 4.57 Å². The third kappa shape index (κ3) is 3.94. The monoisotopic (exact) mass is 346 g/mol. The van der Waals surface area contributed by atoms with Crippen LogP contribution in [0.15, 0.2) is 35.4 Å². The van der Waals surface area contributed by atoms with Gasteiger partial charge in [-0.05, 0) is 37.5 Å². The number of hydrogen-bond acceptors (Lipinski definition) is 3. The Morgan fingerprint density at radius 2 is 2.21 bits per heavy atom. The maximum absolute atomic E-state index is 12.0. The zero-order chi connectivity index (χ0) is 17.1. The molecule has 0 spiro atoms. The molecule has 6 nitrogen and oxygen atoms in total. The van der Waals surface area contributed by atoms with E-state index in [0.717, 1.165) is 24.1 Å². The van der Waals surface area contributed by atoms with E-state index < -0.39 is 0 Å². The molecule has 0 radical (unpaired) electrons. The summed E-state index contributed by atoms with van der Waals surface area (Å²) in [6.07, 6.45) is 3.78. The smallest absolute Gasteiger partial charge is 0.319 e. The van der Waals surface area contributed by atoms with Gasteiger partial charge in [0.15, 0.2) is 0 Å². The van der Waals surface area contributed by atoms with Gasteiger partial charge < -0.3 is 10.6 Å². The van der Waals surface area contributed by atoms with Crippen molar-refractivity contribution in [2.24, 2.45) is 0 Å². The molecule has 1 aromatic carbocycles. The molecule has 0 atom stereocenters. The van der Waals surface area contributed by atoms with Crippen molar-refractivity contribution < 1.29 is 4.79 Å². The van der Waals surface area contributed by atoms with Crippen LogP contribution in [0, 0.1) is 6.92 Å². The highest BCUT2D eigenvalue weighted by Crippen LogP contribution is 2.38. The Labute approximate surface area is 144 Å². The predicted molar refractivity (Wildman–Crippen MR) is 93.7 cm³/mol. The third-order valence-corrected chi connectivity index (χ3v) is 4.46. The van der Waals surface area contributed by atoms with Gasteiger partial charge in [0.05, 0.1) is 12.0 Å². The number of rotatable bonds is 5. The molecule has 3 rings (SSSR count). The molecular weight excluding hydrogens is 328 g/mol. The van der Waals surface area contributed by atoms with E-state index in [4.69, 9.17) is 11.6 Å². The Morgan fingerprint density at radius 1 is 1.42 bits per heavy atom. The van der Waals surface area contributed by atoms with Crippen LogP contribution < -0.4 is 16.2 Å². The summed E-state index contributed by atoms with van der Waals surface area (Å²) in [4.78, 5) is 28.2. The Kier molecular flexibility index (Phi) is 4.85. The highest BCUT2D eigenvalue weighted by molar-refractivity contribution is 6.31. The summed E-state index contributed by atoms with van der Waals surface area (Å²) in [6.45, 7) is 2.54. The van der Waals surface area contributed by atoms with Crippen molar-refractivity contribution in [1.82, 2.24) is 14.9 Å². The van der Waals surface area contributed by atoms with Crippen LogP contribution in [-0.4, -0.2) is 22.1 Å². The number of hydrogen-bond donors (Lipinski definition) is 2. The molecule has 0 bridgehead atoms. The summed E-state index contributed by atoms with van der Waals surface area (Å²) in [5, 5.41) is 6.07. The largest absolute Gasteiger partial charge is 0.336 e. The van der Waals surface area contributed by atoms with Gasteiger partial charge in [-0.25, -0.2) is 9.78 Å². The van der Waals surface area contributed by atoms with E-state index in [9.17, 15) is 9.59 Å². The maximum atomic E-state index is 12.0. The molecule has 0 aliphatic heterocycles. The second kappa shape index (κ2) is 7.05. The predicted octanol–water partition coefficient (Wildman–Crippen LogP) is 2.90. The minimum Gasteiger partial charge on any atom is -0.336 e. The van der Waals surface area contributed by atoms with E-state index in [2.05, 4.69) is 15.6 Å².